The van der Waals surface area contributed by atoms with E-state index in [0.29, 0.717) is 0 Å². The first-order chi connectivity index (χ1) is 5.25. The molecular weight excluding hydrogens is 269 g/mol. The Kier molecular flexibility index (Phi) is 5.30. The molecule has 0 heterocycles. The maximum atomic E-state index is 10.8. The number of nitrogens with two attached hydrogens (primary N) is 1. The van der Waals surface area contributed by atoms with Crippen molar-refractivity contribution in [2.75, 3.05) is 0 Å². The molecule has 3 nitrogen and oxygen atoms in total. The van der Waals surface area contributed by atoms with Gasteiger partial charge in [0.1, 0.15) is 6.17 Å². The summed E-state index contributed by atoms with van der Waals surface area (Å²) in [6.45, 7) is 0. The topological polar surface area (TPSA) is 55.1 Å². The van der Waals surface area contributed by atoms with Gasteiger partial charge in [0.25, 0.3) is 5.91 Å². The molecule has 0 radical (unpaired) electrons. The Bertz CT molecular complexity index is 167. The maximum Gasteiger partial charge on any atom is 0.254 e. The zero-order valence-electron chi connectivity index (χ0n) is 5.53. The number of nitrogens with one attached hydrogen (secondary N) is 1. The zero-order valence-corrected chi connectivity index (χ0v) is 9.31. The van der Waals surface area contributed by atoms with Crippen LogP contribution in [0.15, 0.2) is 0 Å². The highest BCUT2D eigenvalue weighted by atomic mass is 35.6. The van der Waals surface area contributed by atoms with Crippen molar-refractivity contribution in [3.8, 4) is 0 Å². The molecule has 0 aromatic heterocycles. The van der Waals surface area contributed by atoms with Gasteiger partial charge in [-0.05, 0) is 0 Å². The van der Waals surface area contributed by atoms with E-state index in [1.165, 1.54) is 0 Å². The van der Waals surface area contributed by atoms with Crippen molar-refractivity contribution in [1.82, 2.24) is 5.32 Å². The summed E-state index contributed by atoms with van der Waals surface area (Å²) in [6.07, 6.45) is -1.14. The van der Waals surface area contributed by atoms with Crippen molar-refractivity contribution in [3.05, 3.63) is 0 Å². The van der Waals surface area contributed by atoms with Gasteiger partial charge in [-0.15, -0.1) is 0 Å². The molecule has 72 valence electrons. The Balaban J connectivity index is 4.02. The van der Waals surface area contributed by atoms with Crippen molar-refractivity contribution in [1.29, 1.82) is 0 Å². The van der Waals surface area contributed by atoms with Crippen molar-refractivity contribution in [2.24, 2.45) is 5.73 Å². The van der Waals surface area contributed by atoms with Crippen LogP contribution in [0.25, 0.3) is 0 Å². The molecule has 0 aliphatic heterocycles. The molecule has 0 aliphatic carbocycles. The summed E-state index contributed by atoms with van der Waals surface area (Å²) in [5.74, 6) is -0.711. The van der Waals surface area contributed by atoms with Gasteiger partial charge in [0.05, 0.1) is 0 Å². The predicted molar refractivity (Wildman–Crippen MR) is 51.9 cm³/mol. The van der Waals surface area contributed by atoms with E-state index in [-0.39, 0.29) is 0 Å². The molecule has 0 aliphatic rings. The molecule has 1 atom stereocenters. The van der Waals surface area contributed by atoms with Gasteiger partial charge in [-0.2, -0.15) is 0 Å². The standard InChI is InChI=1S/C4H5Cl5N2O/c5-1(6)2(12)11-3(10)4(7,8)9/h1,3H,10H2,(H,11,12). The smallest absolute Gasteiger partial charge is 0.254 e. The van der Waals surface area contributed by atoms with Gasteiger partial charge in [-0.25, -0.2) is 0 Å². The number of alkyl halides is 5. The summed E-state index contributed by atoms with van der Waals surface area (Å²) in [4.78, 5) is 9.54. The third-order valence-corrected chi connectivity index (χ3v) is 1.95. The SMILES string of the molecule is NC(NC(=O)C(Cl)Cl)C(Cl)(Cl)Cl. The van der Waals surface area contributed by atoms with Crippen LogP contribution >= 0.6 is 58.0 Å². The Morgan fingerprint density at radius 1 is 1.33 bits per heavy atom. The molecule has 0 aromatic rings. The van der Waals surface area contributed by atoms with Gasteiger partial charge < -0.3 is 11.1 Å². The second-order valence-electron chi connectivity index (χ2n) is 1.83. The first-order valence-electron chi connectivity index (χ1n) is 2.66. The monoisotopic (exact) mass is 272 g/mol. The minimum absolute atomic E-state index is 0.711. The molecule has 0 saturated carbocycles. The number of hydrogen-bond donors (Lipinski definition) is 2. The molecule has 0 bridgehead atoms. The fourth-order valence-electron chi connectivity index (χ4n) is 0.298. The number of halogens is 5. The van der Waals surface area contributed by atoms with Crippen LogP contribution < -0.4 is 11.1 Å². The quantitative estimate of drug-likeness (QED) is 0.593. The van der Waals surface area contributed by atoms with Crippen molar-refractivity contribution >= 4 is 63.9 Å². The van der Waals surface area contributed by atoms with Gasteiger partial charge >= 0.3 is 0 Å². The fourth-order valence-corrected chi connectivity index (χ4v) is 0.588. The zero-order chi connectivity index (χ0) is 9.94. The summed E-state index contributed by atoms with van der Waals surface area (Å²) in [5, 5.41) is 2.10. The van der Waals surface area contributed by atoms with E-state index in [1.807, 2.05) is 0 Å². The van der Waals surface area contributed by atoms with Gasteiger partial charge in [-0.1, -0.05) is 58.0 Å². The van der Waals surface area contributed by atoms with Crippen molar-refractivity contribution < 1.29 is 4.79 Å². The van der Waals surface area contributed by atoms with Crippen LogP contribution in [0.2, 0.25) is 0 Å². The molecule has 0 aromatic carbocycles. The first-order valence-corrected chi connectivity index (χ1v) is 4.66. The van der Waals surface area contributed by atoms with E-state index in [1.54, 1.807) is 0 Å². The average Bonchev–Trinajstić information content (AvgIpc) is 1.85. The lowest BCUT2D eigenvalue weighted by Crippen LogP contribution is -2.51. The summed E-state index contributed by atoms with van der Waals surface area (Å²) in [7, 11) is 0. The molecule has 3 N–H and O–H groups in total. The van der Waals surface area contributed by atoms with Crippen molar-refractivity contribution in [3.63, 3.8) is 0 Å². The van der Waals surface area contributed by atoms with E-state index in [2.05, 4.69) is 5.32 Å². The van der Waals surface area contributed by atoms with E-state index < -0.39 is 20.7 Å². The molecule has 1 unspecified atom stereocenters. The Hall–Kier alpha value is 0.880. The Morgan fingerprint density at radius 3 is 2.00 bits per heavy atom. The maximum absolute atomic E-state index is 10.8. The minimum atomic E-state index is -1.78. The molecular formula is C4H5Cl5N2O. The molecule has 0 spiro atoms. The molecule has 0 saturated heterocycles. The highest BCUT2D eigenvalue weighted by Crippen LogP contribution is 2.27. The Labute approximate surface area is 94.4 Å². The summed E-state index contributed by atoms with van der Waals surface area (Å²) in [5.41, 5.74) is 5.24. The van der Waals surface area contributed by atoms with E-state index in [0.717, 1.165) is 0 Å². The van der Waals surface area contributed by atoms with Gasteiger partial charge in [0.15, 0.2) is 4.84 Å². The largest absolute Gasteiger partial charge is 0.335 e. The second-order valence-corrected chi connectivity index (χ2v) is 5.29. The van der Waals surface area contributed by atoms with Crippen LogP contribution in [-0.4, -0.2) is 20.7 Å². The molecule has 0 rings (SSSR count). The number of carbonyl (C=O) groups excluding carboxylic acids is 1. The third-order valence-electron chi connectivity index (χ3n) is 0.849. The summed E-state index contributed by atoms with van der Waals surface area (Å²) < 4.78 is -1.78. The Morgan fingerprint density at radius 2 is 1.75 bits per heavy atom. The molecule has 1 amide bonds. The third kappa shape index (κ3) is 4.80. The van der Waals surface area contributed by atoms with E-state index in [9.17, 15) is 4.79 Å². The summed E-state index contributed by atoms with van der Waals surface area (Å²) in [6, 6.07) is 0. The van der Waals surface area contributed by atoms with Crippen LogP contribution in [0, 0.1) is 0 Å². The van der Waals surface area contributed by atoms with Gasteiger partial charge in [0.2, 0.25) is 3.79 Å². The van der Waals surface area contributed by atoms with E-state index >= 15 is 0 Å². The minimum Gasteiger partial charge on any atom is -0.335 e. The van der Waals surface area contributed by atoms with E-state index in [4.69, 9.17) is 63.7 Å². The molecule has 8 heteroatoms. The van der Waals surface area contributed by atoms with Crippen LogP contribution in [0.3, 0.4) is 0 Å². The van der Waals surface area contributed by atoms with Gasteiger partial charge in [-0.3, -0.25) is 4.79 Å². The number of rotatable bonds is 2. The fraction of sp³-hybridized carbons (Fsp3) is 0.750. The number of hydrogen-bond acceptors (Lipinski definition) is 2. The predicted octanol–water partition coefficient (Wildman–Crippen LogP) is 1.56. The molecule has 0 fully saturated rings. The van der Waals surface area contributed by atoms with Crippen molar-refractivity contribution in [2.45, 2.75) is 14.8 Å². The van der Waals surface area contributed by atoms with Crippen LogP contribution in [0.4, 0.5) is 0 Å². The lowest BCUT2D eigenvalue weighted by molar-refractivity contribution is -0.120. The normalized spacial score (nSPS) is 14.6. The highest BCUT2D eigenvalue weighted by molar-refractivity contribution is 6.68. The van der Waals surface area contributed by atoms with Gasteiger partial charge in [0, 0.05) is 0 Å². The number of carbonyl (C=O) groups is 1. The number of amides is 1. The lowest BCUT2D eigenvalue weighted by atomic mass is 10.5. The summed E-state index contributed by atoms with van der Waals surface area (Å²) >= 11 is 26.4. The molecule has 12 heavy (non-hydrogen) atoms. The lowest BCUT2D eigenvalue weighted by Gasteiger charge is -2.21. The first kappa shape index (κ1) is 12.9. The average molecular weight is 274 g/mol. The van der Waals surface area contributed by atoms with Crippen LogP contribution in [0.1, 0.15) is 0 Å². The second kappa shape index (κ2) is 4.94. The highest BCUT2D eigenvalue weighted by Gasteiger charge is 2.31. The van der Waals surface area contributed by atoms with Crippen LogP contribution in [-0.2, 0) is 4.79 Å². The van der Waals surface area contributed by atoms with Crippen LogP contribution in [0.5, 0.6) is 0 Å².